The second-order valence-corrected chi connectivity index (χ2v) is 3.26. The summed E-state index contributed by atoms with van der Waals surface area (Å²) in [5.41, 5.74) is 2.99. The van der Waals surface area contributed by atoms with Gasteiger partial charge in [0.05, 0.1) is 0 Å². The third kappa shape index (κ3) is 0.735. The molecule has 0 bridgehead atoms. The second kappa shape index (κ2) is 1.50. The minimum absolute atomic E-state index is 0.925. The van der Waals surface area contributed by atoms with Gasteiger partial charge in [0, 0.05) is 0 Å². The lowest BCUT2D eigenvalue weighted by Crippen LogP contribution is -1.88. The number of rotatable bonds is 0. The average Bonchev–Trinajstić information content (AvgIpc) is 2.46. The maximum absolute atomic E-state index is 2.42. The van der Waals surface area contributed by atoms with Crippen LogP contribution in [-0.4, -0.2) is 0 Å². The third-order valence-electron chi connectivity index (χ3n) is 2.44. The van der Waals surface area contributed by atoms with Gasteiger partial charge in [0.25, 0.3) is 0 Å². The van der Waals surface area contributed by atoms with Crippen molar-refractivity contribution in [2.75, 3.05) is 0 Å². The first-order valence-electron chi connectivity index (χ1n) is 3.64. The molecule has 2 rings (SSSR count). The summed E-state index contributed by atoms with van der Waals surface area (Å²) in [6.07, 6.45) is 6.24. The third-order valence-corrected chi connectivity index (χ3v) is 2.44. The first-order chi connectivity index (χ1) is 4.27. The van der Waals surface area contributed by atoms with Crippen molar-refractivity contribution < 1.29 is 0 Å². The van der Waals surface area contributed by atoms with Crippen LogP contribution in [0.25, 0.3) is 0 Å². The van der Waals surface area contributed by atoms with E-state index in [0.29, 0.717) is 0 Å². The van der Waals surface area contributed by atoms with Crippen LogP contribution < -0.4 is 0 Å². The first kappa shape index (κ1) is 5.28. The number of hydrogen-bond donors (Lipinski definition) is 0. The van der Waals surface area contributed by atoms with Crippen LogP contribution in [0.15, 0.2) is 23.3 Å². The minimum Gasteiger partial charge on any atom is -0.0776 e. The zero-order chi connectivity index (χ0) is 6.43. The molecule has 2 atom stereocenters. The van der Waals surface area contributed by atoms with E-state index in [1.807, 2.05) is 0 Å². The summed E-state index contributed by atoms with van der Waals surface area (Å²) in [5.74, 6) is 1.85. The molecule has 48 valence electrons. The smallest absolute Gasteiger partial charge is 0.0158 e. The van der Waals surface area contributed by atoms with Gasteiger partial charge in [-0.25, -0.2) is 0 Å². The molecule has 0 nitrogen and oxygen atoms in total. The van der Waals surface area contributed by atoms with Gasteiger partial charge in [-0.2, -0.15) is 0 Å². The summed E-state index contributed by atoms with van der Waals surface area (Å²) in [7, 11) is 0. The number of fused-ring (bicyclic) bond motifs is 1. The van der Waals surface area contributed by atoms with Gasteiger partial charge in [0.15, 0.2) is 0 Å². The van der Waals surface area contributed by atoms with Crippen molar-refractivity contribution in [1.82, 2.24) is 0 Å². The number of allylic oxidation sites excluding steroid dienone is 4. The summed E-state index contributed by atoms with van der Waals surface area (Å²) >= 11 is 0. The maximum atomic E-state index is 2.42. The molecule has 0 N–H and O–H groups in total. The molecule has 0 amide bonds. The molecule has 0 heterocycles. The van der Waals surface area contributed by atoms with Crippen molar-refractivity contribution >= 4 is 0 Å². The van der Waals surface area contributed by atoms with Crippen LogP contribution in [-0.2, 0) is 0 Å². The molecule has 9 heavy (non-hydrogen) atoms. The van der Waals surface area contributed by atoms with Crippen LogP contribution in [0, 0.1) is 11.8 Å². The average molecular weight is 120 g/mol. The van der Waals surface area contributed by atoms with Crippen molar-refractivity contribution in [3.63, 3.8) is 0 Å². The molecule has 0 aromatic carbocycles. The SMILES string of the molecule is CC1=CC2CC2C=C1C. The molecule has 0 aliphatic heterocycles. The highest BCUT2D eigenvalue weighted by atomic mass is 14.4. The molecule has 2 aliphatic rings. The molecule has 2 unspecified atom stereocenters. The molecule has 0 heteroatoms. The molecule has 0 aromatic heterocycles. The zero-order valence-electron chi connectivity index (χ0n) is 6.02. The summed E-state index contributed by atoms with van der Waals surface area (Å²) < 4.78 is 0. The Labute approximate surface area is 56.3 Å². The Morgan fingerprint density at radius 1 is 1.11 bits per heavy atom. The monoisotopic (exact) mass is 120 g/mol. The van der Waals surface area contributed by atoms with E-state index >= 15 is 0 Å². The van der Waals surface area contributed by atoms with Crippen LogP contribution in [0.4, 0.5) is 0 Å². The van der Waals surface area contributed by atoms with Crippen molar-refractivity contribution in [3.8, 4) is 0 Å². The lowest BCUT2D eigenvalue weighted by Gasteiger charge is -2.05. The predicted octanol–water partition coefficient (Wildman–Crippen LogP) is 2.53. The van der Waals surface area contributed by atoms with E-state index in [4.69, 9.17) is 0 Å². The Balaban J connectivity index is 2.32. The fraction of sp³-hybridized carbons (Fsp3) is 0.556. The Morgan fingerprint density at radius 2 is 1.56 bits per heavy atom. The normalized spacial score (nSPS) is 38.9. The molecular weight excluding hydrogens is 108 g/mol. The highest BCUT2D eigenvalue weighted by Crippen LogP contribution is 2.45. The largest absolute Gasteiger partial charge is 0.0776 e. The Morgan fingerprint density at radius 3 is 2.00 bits per heavy atom. The molecule has 1 fully saturated rings. The minimum atomic E-state index is 0.925. The summed E-state index contributed by atoms with van der Waals surface area (Å²) in [5, 5.41) is 0. The highest BCUT2D eigenvalue weighted by Gasteiger charge is 2.35. The van der Waals surface area contributed by atoms with Crippen molar-refractivity contribution in [1.29, 1.82) is 0 Å². The molecule has 2 aliphatic carbocycles. The van der Waals surface area contributed by atoms with E-state index in [-0.39, 0.29) is 0 Å². The quantitative estimate of drug-likeness (QED) is 0.461. The fourth-order valence-corrected chi connectivity index (χ4v) is 1.52. The van der Waals surface area contributed by atoms with Gasteiger partial charge in [-0.3, -0.25) is 0 Å². The standard InChI is InChI=1S/C9H12/c1-6-3-8-5-9(8)4-7(6)2/h3-4,8-9H,5H2,1-2H3. The molecule has 0 aromatic rings. The highest BCUT2D eigenvalue weighted by molar-refractivity contribution is 5.36. The van der Waals surface area contributed by atoms with Crippen LogP contribution in [0.5, 0.6) is 0 Å². The lowest BCUT2D eigenvalue weighted by atomic mass is 10.0. The van der Waals surface area contributed by atoms with Crippen LogP contribution in [0.1, 0.15) is 20.3 Å². The van der Waals surface area contributed by atoms with Gasteiger partial charge in [-0.05, 0) is 32.1 Å². The summed E-state index contributed by atoms with van der Waals surface area (Å²) in [6, 6.07) is 0. The van der Waals surface area contributed by atoms with E-state index in [2.05, 4.69) is 26.0 Å². The fourth-order valence-electron chi connectivity index (χ4n) is 1.52. The van der Waals surface area contributed by atoms with Crippen LogP contribution >= 0.6 is 0 Å². The van der Waals surface area contributed by atoms with E-state index in [1.165, 1.54) is 17.6 Å². The molecule has 0 saturated heterocycles. The molecule has 0 spiro atoms. The van der Waals surface area contributed by atoms with E-state index < -0.39 is 0 Å². The molecule has 1 saturated carbocycles. The summed E-state index contributed by atoms with van der Waals surface area (Å²) in [6.45, 7) is 4.42. The van der Waals surface area contributed by atoms with Gasteiger partial charge in [0.1, 0.15) is 0 Å². The van der Waals surface area contributed by atoms with Gasteiger partial charge >= 0.3 is 0 Å². The van der Waals surface area contributed by atoms with Crippen molar-refractivity contribution in [2.45, 2.75) is 20.3 Å². The molecule has 0 radical (unpaired) electrons. The van der Waals surface area contributed by atoms with E-state index in [9.17, 15) is 0 Å². The Kier molecular flexibility index (Phi) is 0.879. The van der Waals surface area contributed by atoms with E-state index in [0.717, 1.165) is 11.8 Å². The Hall–Kier alpha value is -0.520. The van der Waals surface area contributed by atoms with Gasteiger partial charge in [-0.15, -0.1) is 0 Å². The van der Waals surface area contributed by atoms with Gasteiger partial charge in [-0.1, -0.05) is 23.3 Å². The lowest BCUT2D eigenvalue weighted by molar-refractivity contribution is 0.942. The summed E-state index contributed by atoms with van der Waals surface area (Å²) in [4.78, 5) is 0. The predicted molar refractivity (Wildman–Crippen MR) is 39.1 cm³/mol. The second-order valence-electron chi connectivity index (χ2n) is 3.26. The first-order valence-corrected chi connectivity index (χ1v) is 3.64. The van der Waals surface area contributed by atoms with Gasteiger partial charge in [0.2, 0.25) is 0 Å². The van der Waals surface area contributed by atoms with Gasteiger partial charge < -0.3 is 0 Å². The molecular formula is C9H12. The van der Waals surface area contributed by atoms with Crippen LogP contribution in [0.3, 0.4) is 0 Å². The van der Waals surface area contributed by atoms with Crippen molar-refractivity contribution in [3.05, 3.63) is 23.3 Å². The van der Waals surface area contributed by atoms with Crippen LogP contribution in [0.2, 0.25) is 0 Å². The number of hydrogen-bond acceptors (Lipinski definition) is 0. The van der Waals surface area contributed by atoms with E-state index in [1.54, 1.807) is 0 Å². The van der Waals surface area contributed by atoms with Crippen molar-refractivity contribution in [2.24, 2.45) is 11.8 Å². The Bertz CT molecular complexity index is 174. The maximum Gasteiger partial charge on any atom is -0.0158 e. The zero-order valence-corrected chi connectivity index (χ0v) is 6.02. The topological polar surface area (TPSA) is 0 Å².